The standard InChI is InChI=1S/C11H14BrNO2S/c1-11(3-2-4-16-11)7-13-6-8(12)5-9(13)10(14)15/h5-6H,2-4,7H2,1H3,(H,14,15). The molecule has 2 rings (SSSR count). The van der Waals surface area contributed by atoms with Crippen LogP contribution in [0.3, 0.4) is 0 Å². The Morgan fingerprint density at radius 1 is 1.75 bits per heavy atom. The van der Waals surface area contributed by atoms with Crippen LogP contribution >= 0.6 is 27.7 Å². The van der Waals surface area contributed by atoms with Gasteiger partial charge in [0.25, 0.3) is 0 Å². The van der Waals surface area contributed by atoms with Crippen molar-refractivity contribution >= 4 is 33.7 Å². The van der Waals surface area contributed by atoms with Gasteiger partial charge in [0.15, 0.2) is 0 Å². The summed E-state index contributed by atoms with van der Waals surface area (Å²) in [5.41, 5.74) is 0.362. The van der Waals surface area contributed by atoms with Crippen LogP contribution in [0.1, 0.15) is 30.3 Å². The molecule has 0 bridgehead atoms. The van der Waals surface area contributed by atoms with Gasteiger partial charge in [-0.2, -0.15) is 11.8 Å². The summed E-state index contributed by atoms with van der Waals surface area (Å²) >= 11 is 5.27. The Morgan fingerprint density at radius 2 is 2.50 bits per heavy atom. The number of nitrogens with zero attached hydrogens (tertiary/aromatic N) is 1. The fourth-order valence-electron chi connectivity index (χ4n) is 2.11. The first kappa shape index (κ1) is 12.0. The van der Waals surface area contributed by atoms with E-state index in [2.05, 4.69) is 22.9 Å². The van der Waals surface area contributed by atoms with Gasteiger partial charge in [0.2, 0.25) is 0 Å². The van der Waals surface area contributed by atoms with Crippen LogP contribution in [-0.2, 0) is 6.54 Å². The molecule has 1 N–H and O–H groups in total. The maximum atomic E-state index is 11.1. The number of hydrogen-bond acceptors (Lipinski definition) is 2. The number of carboxylic acid groups (broad SMARTS) is 1. The lowest BCUT2D eigenvalue weighted by atomic mass is 10.1. The van der Waals surface area contributed by atoms with Gasteiger partial charge < -0.3 is 9.67 Å². The van der Waals surface area contributed by atoms with E-state index in [1.54, 1.807) is 6.07 Å². The first-order valence-electron chi connectivity index (χ1n) is 5.23. The highest BCUT2D eigenvalue weighted by atomic mass is 79.9. The molecule has 88 valence electrons. The molecule has 1 aromatic heterocycles. The predicted molar refractivity (Wildman–Crippen MR) is 69.2 cm³/mol. The molecule has 1 aliphatic rings. The quantitative estimate of drug-likeness (QED) is 0.932. The van der Waals surface area contributed by atoms with Crippen molar-refractivity contribution in [2.24, 2.45) is 0 Å². The molecule has 0 aromatic carbocycles. The number of aromatic carboxylic acids is 1. The lowest BCUT2D eigenvalue weighted by Gasteiger charge is -2.23. The van der Waals surface area contributed by atoms with Gasteiger partial charge in [-0.3, -0.25) is 0 Å². The van der Waals surface area contributed by atoms with Crippen LogP contribution in [0.15, 0.2) is 16.7 Å². The van der Waals surface area contributed by atoms with Crippen LogP contribution in [0, 0.1) is 0 Å². The van der Waals surface area contributed by atoms with Crippen LogP contribution in [0.4, 0.5) is 0 Å². The normalized spacial score (nSPS) is 24.9. The Bertz CT molecular complexity index is 410. The second kappa shape index (κ2) is 4.45. The van der Waals surface area contributed by atoms with Crippen molar-refractivity contribution in [2.45, 2.75) is 31.1 Å². The van der Waals surface area contributed by atoms with Crippen molar-refractivity contribution < 1.29 is 9.90 Å². The summed E-state index contributed by atoms with van der Waals surface area (Å²) in [6.45, 7) is 2.98. The summed E-state index contributed by atoms with van der Waals surface area (Å²) in [7, 11) is 0. The Morgan fingerprint density at radius 3 is 3.06 bits per heavy atom. The molecule has 0 spiro atoms. The SMILES string of the molecule is CC1(Cn2cc(Br)cc2C(=O)O)CCCS1. The number of aromatic nitrogens is 1. The first-order valence-corrected chi connectivity index (χ1v) is 7.01. The number of thioether (sulfide) groups is 1. The highest BCUT2D eigenvalue weighted by molar-refractivity contribution is 9.10. The zero-order valence-electron chi connectivity index (χ0n) is 9.07. The van der Waals surface area contributed by atoms with E-state index in [9.17, 15) is 4.79 Å². The van der Waals surface area contributed by atoms with Crippen LogP contribution in [-0.4, -0.2) is 26.1 Å². The molecule has 1 unspecified atom stereocenters. The third-order valence-electron chi connectivity index (χ3n) is 2.89. The molecular weight excluding hydrogens is 290 g/mol. The molecule has 2 heterocycles. The van der Waals surface area contributed by atoms with Crippen molar-refractivity contribution in [3.05, 3.63) is 22.4 Å². The zero-order valence-corrected chi connectivity index (χ0v) is 11.5. The molecule has 0 radical (unpaired) electrons. The smallest absolute Gasteiger partial charge is 0.352 e. The minimum Gasteiger partial charge on any atom is -0.477 e. The van der Waals surface area contributed by atoms with Gasteiger partial charge in [0, 0.05) is 22.0 Å². The zero-order chi connectivity index (χ0) is 11.8. The van der Waals surface area contributed by atoms with E-state index in [0.29, 0.717) is 5.69 Å². The molecule has 0 saturated carbocycles. The van der Waals surface area contributed by atoms with Crippen LogP contribution in [0.2, 0.25) is 0 Å². The maximum Gasteiger partial charge on any atom is 0.352 e. The molecule has 1 aliphatic heterocycles. The van der Waals surface area contributed by atoms with Crippen molar-refractivity contribution in [2.75, 3.05) is 5.75 Å². The van der Waals surface area contributed by atoms with Crippen LogP contribution in [0.25, 0.3) is 0 Å². The van der Waals surface area contributed by atoms with Gasteiger partial charge in [-0.05, 0) is 47.5 Å². The second-order valence-corrected chi connectivity index (χ2v) is 6.98. The lowest BCUT2D eigenvalue weighted by molar-refractivity contribution is 0.0684. The first-order chi connectivity index (χ1) is 7.50. The van der Waals surface area contributed by atoms with Gasteiger partial charge in [-0.15, -0.1) is 0 Å². The molecule has 1 aromatic rings. The highest BCUT2D eigenvalue weighted by Gasteiger charge is 2.31. The monoisotopic (exact) mass is 303 g/mol. The minimum absolute atomic E-state index is 0.183. The van der Waals surface area contributed by atoms with Crippen molar-refractivity contribution in [1.82, 2.24) is 4.57 Å². The van der Waals surface area contributed by atoms with Crippen LogP contribution < -0.4 is 0 Å². The Hall–Kier alpha value is -0.420. The van der Waals surface area contributed by atoms with Gasteiger partial charge >= 0.3 is 5.97 Å². The van der Waals surface area contributed by atoms with Crippen molar-refractivity contribution in [1.29, 1.82) is 0 Å². The highest BCUT2D eigenvalue weighted by Crippen LogP contribution is 2.39. The van der Waals surface area contributed by atoms with Crippen molar-refractivity contribution in [3.8, 4) is 0 Å². The third kappa shape index (κ3) is 2.46. The number of halogens is 1. The van der Waals surface area contributed by atoms with E-state index in [-0.39, 0.29) is 4.75 Å². The van der Waals surface area contributed by atoms with Gasteiger partial charge in [-0.1, -0.05) is 0 Å². The largest absolute Gasteiger partial charge is 0.477 e. The predicted octanol–water partition coefficient (Wildman–Crippen LogP) is 3.23. The Kier molecular flexibility index (Phi) is 3.35. The molecule has 16 heavy (non-hydrogen) atoms. The fourth-order valence-corrected chi connectivity index (χ4v) is 3.87. The van der Waals surface area contributed by atoms with E-state index in [0.717, 1.165) is 17.4 Å². The number of rotatable bonds is 3. The second-order valence-electron chi connectivity index (χ2n) is 4.38. The molecule has 1 saturated heterocycles. The van der Waals surface area contributed by atoms with E-state index in [1.165, 1.54) is 12.2 Å². The summed E-state index contributed by atoms with van der Waals surface area (Å²) in [5, 5.41) is 9.09. The number of carboxylic acids is 1. The number of hydrogen-bond donors (Lipinski definition) is 1. The van der Waals surface area contributed by atoms with Gasteiger partial charge in [0.05, 0.1) is 0 Å². The molecule has 0 aliphatic carbocycles. The van der Waals surface area contributed by atoms with Gasteiger partial charge in [0.1, 0.15) is 5.69 Å². The molecule has 3 nitrogen and oxygen atoms in total. The molecule has 1 atom stereocenters. The molecular formula is C11H14BrNO2S. The summed E-state index contributed by atoms with van der Waals surface area (Å²) in [6.07, 6.45) is 4.24. The van der Waals surface area contributed by atoms with Gasteiger partial charge in [-0.25, -0.2) is 4.79 Å². The average Bonchev–Trinajstić information content (AvgIpc) is 2.73. The minimum atomic E-state index is -0.864. The summed E-state index contributed by atoms with van der Waals surface area (Å²) in [6, 6.07) is 1.66. The Balaban J connectivity index is 2.23. The molecule has 5 heteroatoms. The molecule has 1 fully saturated rings. The summed E-state index contributed by atoms with van der Waals surface area (Å²) in [4.78, 5) is 11.1. The molecule has 0 amide bonds. The fraction of sp³-hybridized carbons (Fsp3) is 0.545. The maximum absolute atomic E-state index is 11.1. The van der Waals surface area contributed by atoms with E-state index < -0.39 is 5.97 Å². The summed E-state index contributed by atoms with van der Waals surface area (Å²) < 4.78 is 2.85. The van der Waals surface area contributed by atoms with E-state index in [4.69, 9.17) is 5.11 Å². The van der Waals surface area contributed by atoms with Crippen LogP contribution in [0.5, 0.6) is 0 Å². The topological polar surface area (TPSA) is 42.2 Å². The number of carbonyl (C=O) groups is 1. The van der Waals surface area contributed by atoms with Crippen molar-refractivity contribution in [3.63, 3.8) is 0 Å². The van der Waals surface area contributed by atoms with E-state index in [1.807, 2.05) is 22.5 Å². The third-order valence-corrected chi connectivity index (χ3v) is 4.84. The van der Waals surface area contributed by atoms with E-state index >= 15 is 0 Å². The average molecular weight is 304 g/mol. The lowest BCUT2D eigenvalue weighted by Crippen LogP contribution is -2.25. The summed E-state index contributed by atoms with van der Waals surface area (Å²) in [5.74, 6) is 0.318. The Labute approximate surface area is 107 Å².